The molecular formula is C8H13NO3S. The van der Waals surface area contributed by atoms with Gasteiger partial charge in [0.1, 0.15) is 6.04 Å². The van der Waals surface area contributed by atoms with Crippen LogP contribution in [0.5, 0.6) is 0 Å². The quantitative estimate of drug-likeness (QED) is 0.638. The van der Waals surface area contributed by atoms with Crippen LogP contribution in [-0.4, -0.2) is 35.0 Å². The zero-order valence-corrected chi connectivity index (χ0v) is 8.48. The molecule has 0 radical (unpaired) electrons. The summed E-state index contributed by atoms with van der Waals surface area (Å²) in [5.41, 5.74) is 0.312. The molecule has 0 unspecified atom stereocenters. The zero-order valence-electron chi connectivity index (χ0n) is 7.66. The Bertz CT molecular complexity index is 227. The van der Waals surface area contributed by atoms with Crippen molar-refractivity contribution in [3.05, 3.63) is 12.2 Å². The van der Waals surface area contributed by atoms with Crippen molar-refractivity contribution in [3.8, 4) is 0 Å². The highest BCUT2D eigenvalue weighted by atomic mass is 32.2. The first-order valence-corrected chi connectivity index (χ1v) is 5.06. The second-order valence-electron chi connectivity index (χ2n) is 2.60. The van der Waals surface area contributed by atoms with Gasteiger partial charge < -0.3 is 10.4 Å². The molecule has 0 heterocycles. The monoisotopic (exact) mass is 203 g/mol. The van der Waals surface area contributed by atoms with Gasteiger partial charge in [-0.2, -0.15) is 11.8 Å². The molecule has 0 aromatic carbocycles. The molecule has 0 spiro atoms. The number of nitrogens with one attached hydrogen (secondary N) is 1. The van der Waals surface area contributed by atoms with E-state index >= 15 is 0 Å². The van der Waals surface area contributed by atoms with E-state index in [1.165, 1.54) is 18.7 Å². The molecule has 1 amide bonds. The Kier molecular flexibility index (Phi) is 5.22. The van der Waals surface area contributed by atoms with Crippen LogP contribution < -0.4 is 5.32 Å². The second kappa shape index (κ2) is 5.64. The molecule has 0 fully saturated rings. The van der Waals surface area contributed by atoms with E-state index in [9.17, 15) is 9.59 Å². The molecule has 0 bridgehead atoms. The summed E-state index contributed by atoms with van der Waals surface area (Å²) in [6, 6.07) is -0.834. The predicted molar refractivity (Wildman–Crippen MR) is 52.8 cm³/mol. The van der Waals surface area contributed by atoms with Crippen LogP contribution in [-0.2, 0) is 9.59 Å². The van der Waals surface area contributed by atoms with E-state index in [4.69, 9.17) is 5.11 Å². The number of hydrogen-bond acceptors (Lipinski definition) is 3. The Hall–Kier alpha value is -0.970. The maximum atomic E-state index is 11.0. The standard InChI is InChI=1S/C8H13NO3S/c1-5(2)7(10)9-6(4-13-3)8(11)12/h6H,1,4H2,2-3H3,(H,9,10)(H,11,12)/t6-/m0/s1. The maximum absolute atomic E-state index is 11.0. The highest BCUT2D eigenvalue weighted by Crippen LogP contribution is 1.99. The minimum absolute atomic E-state index is 0.312. The van der Waals surface area contributed by atoms with Crippen molar-refractivity contribution in [1.82, 2.24) is 5.32 Å². The number of carboxylic acid groups (broad SMARTS) is 1. The smallest absolute Gasteiger partial charge is 0.327 e. The average Bonchev–Trinajstić information content (AvgIpc) is 2.03. The lowest BCUT2D eigenvalue weighted by atomic mass is 10.3. The number of amides is 1. The third kappa shape index (κ3) is 4.57. The molecule has 0 aromatic rings. The first-order valence-electron chi connectivity index (χ1n) is 3.67. The Morgan fingerprint density at radius 1 is 1.62 bits per heavy atom. The van der Waals surface area contributed by atoms with Gasteiger partial charge in [-0.15, -0.1) is 0 Å². The van der Waals surface area contributed by atoms with Crippen LogP contribution in [0.15, 0.2) is 12.2 Å². The zero-order chi connectivity index (χ0) is 10.4. The highest BCUT2D eigenvalue weighted by Gasteiger charge is 2.18. The molecule has 1 atom stereocenters. The lowest BCUT2D eigenvalue weighted by Gasteiger charge is -2.12. The van der Waals surface area contributed by atoms with E-state index in [0.29, 0.717) is 11.3 Å². The molecule has 74 valence electrons. The normalized spacial score (nSPS) is 11.8. The molecule has 0 saturated carbocycles. The van der Waals surface area contributed by atoms with Crippen LogP contribution in [0.2, 0.25) is 0 Å². The summed E-state index contributed by atoms with van der Waals surface area (Å²) in [5, 5.41) is 11.0. The summed E-state index contributed by atoms with van der Waals surface area (Å²) in [6.07, 6.45) is 1.78. The Labute approximate surface area is 81.4 Å². The first kappa shape index (κ1) is 12.0. The molecule has 2 N–H and O–H groups in total. The fraction of sp³-hybridized carbons (Fsp3) is 0.500. The van der Waals surface area contributed by atoms with Crippen molar-refractivity contribution in [3.63, 3.8) is 0 Å². The Morgan fingerprint density at radius 3 is 2.46 bits per heavy atom. The van der Waals surface area contributed by atoms with Crippen molar-refractivity contribution in [2.45, 2.75) is 13.0 Å². The van der Waals surface area contributed by atoms with Crippen LogP contribution >= 0.6 is 11.8 Å². The molecular weight excluding hydrogens is 190 g/mol. The van der Waals surface area contributed by atoms with Crippen LogP contribution in [0.25, 0.3) is 0 Å². The fourth-order valence-corrected chi connectivity index (χ4v) is 1.18. The number of rotatable bonds is 5. The van der Waals surface area contributed by atoms with Crippen LogP contribution in [0.4, 0.5) is 0 Å². The summed E-state index contributed by atoms with van der Waals surface area (Å²) in [6.45, 7) is 4.95. The van der Waals surface area contributed by atoms with E-state index in [1.807, 2.05) is 0 Å². The van der Waals surface area contributed by atoms with E-state index in [0.717, 1.165) is 0 Å². The molecule has 13 heavy (non-hydrogen) atoms. The van der Waals surface area contributed by atoms with E-state index in [2.05, 4.69) is 11.9 Å². The van der Waals surface area contributed by atoms with Crippen molar-refractivity contribution >= 4 is 23.6 Å². The third-order valence-corrected chi connectivity index (χ3v) is 1.99. The summed E-state index contributed by atoms with van der Waals surface area (Å²) >= 11 is 1.37. The van der Waals surface area contributed by atoms with Crippen molar-refractivity contribution < 1.29 is 14.7 Å². The van der Waals surface area contributed by atoms with Crippen LogP contribution in [0.1, 0.15) is 6.92 Å². The van der Waals surface area contributed by atoms with Gasteiger partial charge in [0.05, 0.1) is 0 Å². The average molecular weight is 203 g/mol. The summed E-state index contributed by atoms with van der Waals surface area (Å²) in [5.74, 6) is -1.08. The van der Waals surface area contributed by atoms with Gasteiger partial charge in [-0.3, -0.25) is 4.79 Å². The highest BCUT2D eigenvalue weighted by molar-refractivity contribution is 7.98. The topological polar surface area (TPSA) is 66.4 Å². The van der Waals surface area contributed by atoms with Gasteiger partial charge >= 0.3 is 5.97 Å². The fourth-order valence-electron chi connectivity index (χ4n) is 0.623. The first-order chi connectivity index (χ1) is 5.99. The lowest BCUT2D eigenvalue weighted by Crippen LogP contribution is -2.42. The number of carbonyl (C=O) groups is 2. The second-order valence-corrected chi connectivity index (χ2v) is 3.51. The van der Waals surface area contributed by atoms with E-state index in [1.54, 1.807) is 6.26 Å². The van der Waals surface area contributed by atoms with Crippen molar-refractivity contribution in [2.75, 3.05) is 12.0 Å². The molecule has 0 saturated heterocycles. The summed E-state index contributed by atoms with van der Waals surface area (Å²) in [7, 11) is 0. The van der Waals surface area contributed by atoms with Crippen LogP contribution in [0, 0.1) is 0 Å². The van der Waals surface area contributed by atoms with Crippen LogP contribution in [0.3, 0.4) is 0 Å². The molecule has 5 heteroatoms. The van der Waals surface area contributed by atoms with Crippen molar-refractivity contribution in [1.29, 1.82) is 0 Å². The number of thioether (sulfide) groups is 1. The van der Waals surface area contributed by atoms with Gasteiger partial charge in [-0.05, 0) is 13.2 Å². The lowest BCUT2D eigenvalue weighted by molar-refractivity contribution is -0.140. The molecule has 0 aliphatic carbocycles. The summed E-state index contributed by atoms with van der Waals surface area (Å²) in [4.78, 5) is 21.6. The Balaban J connectivity index is 4.17. The molecule has 4 nitrogen and oxygen atoms in total. The molecule has 0 aliphatic rings. The van der Waals surface area contributed by atoms with E-state index < -0.39 is 17.9 Å². The molecule has 0 aliphatic heterocycles. The molecule has 0 rings (SSSR count). The number of hydrogen-bond donors (Lipinski definition) is 2. The Morgan fingerprint density at radius 2 is 2.15 bits per heavy atom. The third-order valence-electron chi connectivity index (χ3n) is 1.32. The number of carboxylic acids is 1. The van der Waals surface area contributed by atoms with Gasteiger partial charge in [0, 0.05) is 11.3 Å². The van der Waals surface area contributed by atoms with E-state index in [-0.39, 0.29) is 0 Å². The van der Waals surface area contributed by atoms with Gasteiger partial charge in [0.2, 0.25) is 5.91 Å². The van der Waals surface area contributed by atoms with Gasteiger partial charge in [-0.25, -0.2) is 4.79 Å². The SMILES string of the molecule is C=C(C)C(=O)N[C@@H](CSC)C(=O)O. The summed E-state index contributed by atoms with van der Waals surface area (Å²) < 4.78 is 0. The largest absolute Gasteiger partial charge is 0.480 e. The van der Waals surface area contributed by atoms with Gasteiger partial charge in [0.15, 0.2) is 0 Å². The predicted octanol–water partition coefficient (Wildman–Crippen LogP) is 0.495. The minimum Gasteiger partial charge on any atom is -0.480 e. The van der Waals surface area contributed by atoms with Gasteiger partial charge in [-0.1, -0.05) is 6.58 Å². The minimum atomic E-state index is -1.02. The van der Waals surface area contributed by atoms with Crippen molar-refractivity contribution in [2.24, 2.45) is 0 Å². The number of carbonyl (C=O) groups excluding carboxylic acids is 1. The molecule has 0 aromatic heterocycles. The maximum Gasteiger partial charge on any atom is 0.327 e. The van der Waals surface area contributed by atoms with Gasteiger partial charge in [0.25, 0.3) is 0 Å². The number of aliphatic carboxylic acids is 1.